The highest BCUT2D eigenvalue weighted by Gasteiger charge is 2.21. The van der Waals surface area contributed by atoms with E-state index in [-0.39, 0.29) is 10.7 Å². The second kappa shape index (κ2) is 7.06. The van der Waals surface area contributed by atoms with E-state index < -0.39 is 30.3 Å². The molecule has 0 spiro atoms. The molecule has 0 fully saturated rings. The van der Waals surface area contributed by atoms with Gasteiger partial charge in [0.25, 0.3) is 0 Å². The second-order valence-electron chi connectivity index (χ2n) is 4.31. The van der Waals surface area contributed by atoms with Gasteiger partial charge >= 0.3 is 11.8 Å². The summed E-state index contributed by atoms with van der Waals surface area (Å²) in [7, 11) is 0. The molecule has 0 aliphatic heterocycles. The van der Waals surface area contributed by atoms with Crippen LogP contribution in [0.15, 0.2) is 41.0 Å². The van der Waals surface area contributed by atoms with Crippen molar-refractivity contribution in [2.24, 2.45) is 0 Å². The summed E-state index contributed by atoms with van der Waals surface area (Å²) in [6.45, 7) is -0.436. The minimum atomic E-state index is -0.979. The molecule has 0 bridgehead atoms. The molecule has 0 saturated heterocycles. The quantitative estimate of drug-likeness (QED) is 0.748. The average Bonchev–Trinajstić information content (AvgIpc) is 3.02. The number of aliphatic hydroxyl groups is 1. The third-order valence-corrected chi connectivity index (χ3v) is 3.05. The molecule has 2 rings (SSSR count). The van der Waals surface area contributed by atoms with Crippen LogP contribution in [0.25, 0.3) is 0 Å². The molecule has 0 radical (unpaired) electrons. The van der Waals surface area contributed by atoms with Gasteiger partial charge in [0.2, 0.25) is 0 Å². The Bertz CT molecular complexity index is 675. The summed E-state index contributed by atoms with van der Waals surface area (Å²) < 4.78 is 18.1. The normalized spacial score (nSPS) is 11.8. The lowest BCUT2D eigenvalue weighted by molar-refractivity contribution is -0.136. The predicted molar refractivity (Wildman–Crippen MR) is 76.7 cm³/mol. The van der Waals surface area contributed by atoms with Crippen molar-refractivity contribution in [3.8, 4) is 0 Å². The van der Waals surface area contributed by atoms with Crippen molar-refractivity contribution in [1.82, 2.24) is 5.32 Å². The molecule has 0 aliphatic rings. The number of benzene rings is 1. The highest BCUT2D eigenvalue weighted by molar-refractivity contribution is 6.40. The number of anilines is 1. The van der Waals surface area contributed by atoms with Gasteiger partial charge in [0.15, 0.2) is 0 Å². The van der Waals surface area contributed by atoms with Crippen LogP contribution >= 0.6 is 11.6 Å². The summed E-state index contributed by atoms with van der Waals surface area (Å²) in [6.07, 6.45) is 1.38. The van der Waals surface area contributed by atoms with Crippen LogP contribution < -0.4 is 10.6 Å². The molecular weight excluding hydrogens is 315 g/mol. The first-order chi connectivity index (χ1) is 10.5. The molecule has 0 saturated carbocycles. The zero-order valence-corrected chi connectivity index (χ0v) is 11.9. The van der Waals surface area contributed by atoms with Crippen LogP contribution in [0.4, 0.5) is 10.1 Å². The molecule has 0 aliphatic carbocycles. The van der Waals surface area contributed by atoms with E-state index in [2.05, 4.69) is 10.6 Å². The first-order valence-electron chi connectivity index (χ1n) is 6.22. The van der Waals surface area contributed by atoms with Gasteiger partial charge in [-0.3, -0.25) is 9.59 Å². The number of halogens is 2. The molecule has 2 amide bonds. The molecule has 3 N–H and O–H groups in total. The summed E-state index contributed by atoms with van der Waals surface area (Å²) in [6, 6.07) is 5.81. The number of rotatable bonds is 4. The Hall–Kier alpha value is -2.38. The summed E-state index contributed by atoms with van der Waals surface area (Å²) in [5.41, 5.74) is 0.171. The molecular formula is C14H12ClFN2O4. The Morgan fingerprint density at radius 3 is 2.68 bits per heavy atom. The van der Waals surface area contributed by atoms with Crippen molar-refractivity contribution in [2.45, 2.75) is 6.04 Å². The van der Waals surface area contributed by atoms with Gasteiger partial charge in [0.1, 0.15) is 17.6 Å². The predicted octanol–water partition coefficient (Wildman–Crippen LogP) is 1.86. The monoisotopic (exact) mass is 326 g/mol. The van der Waals surface area contributed by atoms with Gasteiger partial charge in [0.05, 0.1) is 17.9 Å². The van der Waals surface area contributed by atoms with Crippen LogP contribution in [0, 0.1) is 5.82 Å². The Kier molecular flexibility index (Phi) is 5.13. The summed E-state index contributed by atoms with van der Waals surface area (Å²) in [4.78, 5) is 23.5. The molecule has 1 atom stereocenters. The van der Waals surface area contributed by atoms with E-state index >= 15 is 0 Å². The van der Waals surface area contributed by atoms with Crippen molar-refractivity contribution in [3.05, 3.63) is 53.2 Å². The third-order valence-electron chi connectivity index (χ3n) is 2.76. The summed E-state index contributed by atoms with van der Waals surface area (Å²) in [5, 5.41) is 13.6. The highest BCUT2D eigenvalue weighted by Crippen LogP contribution is 2.19. The Labute approximate surface area is 129 Å². The lowest BCUT2D eigenvalue weighted by Gasteiger charge is -2.13. The SMILES string of the molecule is O=C(Nc1ccc(F)c(Cl)c1)C(=O)NC(CO)c1ccco1. The fourth-order valence-electron chi connectivity index (χ4n) is 1.68. The standard InChI is InChI=1S/C14H12ClFN2O4/c15-9-6-8(3-4-10(9)16)17-13(20)14(21)18-11(7-19)12-2-1-5-22-12/h1-6,11,19H,7H2,(H,17,20)(H,18,21). The molecule has 1 aromatic carbocycles. The van der Waals surface area contributed by atoms with Gasteiger partial charge < -0.3 is 20.2 Å². The van der Waals surface area contributed by atoms with Gasteiger partial charge in [-0.2, -0.15) is 0 Å². The number of nitrogens with one attached hydrogen (secondary N) is 2. The summed E-state index contributed by atoms with van der Waals surface area (Å²) >= 11 is 5.58. The number of carbonyl (C=O) groups is 2. The molecule has 2 aromatic rings. The van der Waals surface area contributed by atoms with Crippen LogP contribution in [-0.4, -0.2) is 23.5 Å². The van der Waals surface area contributed by atoms with Crippen molar-refractivity contribution in [3.63, 3.8) is 0 Å². The van der Waals surface area contributed by atoms with Crippen molar-refractivity contribution >= 4 is 29.1 Å². The van der Waals surface area contributed by atoms with Gasteiger partial charge in [-0.15, -0.1) is 0 Å². The van der Waals surface area contributed by atoms with E-state index in [1.165, 1.54) is 18.4 Å². The molecule has 1 heterocycles. The van der Waals surface area contributed by atoms with Crippen LogP contribution in [-0.2, 0) is 9.59 Å². The van der Waals surface area contributed by atoms with E-state index in [0.717, 1.165) is 6.07 Å². The van der Waals surface area contributed by atoms with Crippen molar-refractivity contribution in [2.75, 3.05) is 11.9 Å². The highest BCUT2D eigenvalue weighted by atomic mass is 35.5. The maximum absolute atomic E-state index is 13.0. The molecule has 22 heavy (non-hydrogen) atoms. The molecule has 116 valence electrons. The largest absolute Gasteiger partial charge is 0.467 e. The van der Waals surface area contributed by atoms with Crippen molar-refractivity contribution < 1.29 is 23.5 Å². The van der Waals surface area contributed by atoms with Crippen molar-refractivity contribution in [1.29, 1.82) is 0 Å². The Morgan fingerprint density at radius 1 is 1.32 bits per heavy atom. The van der Waals surface area contributed by atoms with Crippen LogP contribution in [0.5, 0.6) is 0 Å². The first kappa shape index (κ1) is 16.0. The Morgan fingerprint density at radius 2 is 2.09 bits per heavy atom. The fourth-order valence-corrected chi connectivity index (χ4v) is 1.86. The topological polar surface area (TPSA) is 91.6 Å². The zero-order valence-electron chi connectivity index (χ0n) is 11.2. The number of hydrogen-bond donors (Lipinski definition) is 3. The molecule has 1 aromatic heterocycles. The zero-order chi connectivity index (χ0) is 16.1. The van der Waals surface area contributed by atoms with Gasteiger partial charge in [0, 0.05) is 5.69 Å². The van der Waals surface area contributed by atoms with Crippen LogP contribution in [0.3, 0.4) is 0 Å². The van der Waals surface area contributed by atoms with Gasteiger partial charge in [-0.25, -0.2) is 4.39 Å². The molecule has 6 nitrogen and oxygen atoms in total. The minimum absolute atomic E-state index is 0.171. The van der Waals surface area contributed by atoms with E-state index in [0.29, 0.717) is 5.76 Å². The maximum Gasteiger partial charge on any atom is 0.313 e. The third kappa shape index (κ3) is 3.84. The van der Waals surface area contributed by atoms with E-state index in [4.69, 9.17) is 16.0 Å². The molecule has 1 unspecified atom stereocenters. The number of amides is 2. The lowest BCUT2D eigenvalue weighted by Crippen LogP contribution is -2.38. The van der Waals surface area contributed by atoms with Gasteiger partial charge in [-0.1, -0.05) is 11.6 Å². The van der Waals surface area contributed by atoms with E-state index in [9.17, 15) is 19.1 Å². The number of aliphatic hydroxyl groups excluding tert-OH is 1. The lowest BCUT2D eigenvalue weighted by atomic mass is 10.2. The summed E-state index contributed by atoms with van der Waals surface area (Å²) in [5.74, 6) is -2.28. The number of carbonyl (C=O) groups excluding carboxylic acids is 2. The Balaban J connectivity index is 1.99. The molecule has 8 heteroatoms. The van der Waals surface area contributed by atoms with E-state index in [1.807, 2.05) is 0 Å². The maximum atomic E-state index is 13.0. The smallest absolute Gasteiger partial charge is 0.313 e. The minimum Gasteiger partial charge on any atom is -0.467 e. The van der Waals surface area contributed by atoms with E-state index in [1.54, 1.807) is 12.1 Å². The fraction of sp³-hybridized carbons (Fsp3) is 0.143. The average molecular weight is 327 g/mol. The van der Waals surface area contributed by atoms with Gasteiger partial charge in [-0.05, 0) is 30.3 Å². The number of furan rings is 1. The van der Waals surface area contributed by atoms with Crippen LogP contribution in [0.2, 0.25) is 5.02 Å². The first-order valence-corrected chi connectivity index (χ1v) is 6.60. The number of hydrogen-bond acceptors (Lipinski definition) is 4. The van der Waals surface area contributed by atoms with Crippen LogP contribution in [0.1, 0.15) is 11.8 Å². The second-order valence-corrected chi connectivity index (χ2v) is 4.71.